The summed E-state index contributed by atoms with van der Waals surface area (Å²) in [5.41, 5.74) is 0. The standard InChI is InChI=1S/C18H39N2O3PS/c1-10-18(21)25-13-22-11-12-23-24(19(14(2)3)15(4)5)20(16(6)7)17(8)9/h14-17H,10-13H2,1-9H3. The molecule has 5 nitrogen and oxygen atoms in total. The molecule has 0 amide bonds. The van der Waals surface area contributed by atoms with Crippen LogP contribution in [-0.2, 0) is 14.1 Å². The normalized spacial score (nSPS) is 12.8. The van der Waals surface area contributed by atoms with E-state index in [-0.39, 0.29) is 5.12 Å². The molecule has 0 unspecified atom stereocenters. The van der Waals surface area contributed by atoms with Gasteiger partial charge in [-0.2, -0.15) is 0 Å². The van der Waals surface area contributed by atoms with E-state index in [2.05, 4.69) is 64.7 Å². The van der Waals surface area contributed by atoms with Crippen molar-refractivity contribution in [1.82, 2.24) is 9.34 Å². The minimum atomic E-state index is -0.869. The van der Waals surface area contributed by atoms with Crippen LogP contribution in [0.15, 0.2) is 0 Å². The summed E-state index contributed by atoms with van der Waals surface area (Å²) in [5.74, 6) is 0.407. The Balaban J connectivity index is 4.82. The molecular weight excluding hydrogens is 355 g/mol. The van der Waals surface area contributed by atoms with E-state index in [1.54, 1.807) is 0 Å². The van der Waals surface area contributed by atoms with Crippen LogP contribution in [0.3, 0.4) is 0 Å². The van der Waals surface area contributed by atoms with Crippen LogP contribution in [0.25, 0.3) is 0 Å². The molecule has 0 bridgehead atoms. The molecule has 0 aliphatic carbocycles. The fraction of sp³-hybridized carbons (Fsp3) is 0.944. The Morgan fingerprint density at radius 2 is 1.32 bits per heavy atom. The Hall–Kier alpha value is 0.290. The molecule has 0 aromatic rings. The first kappa shape index (κ1) is 25.3. The molecule has 0 aliphatic heterocycles. The van der Waals surface area contributed by atoms with E-state index >= 15 is 0 Å². The Morgan fingerprint density at radius 3 is 1.68 bits per heavy atom. The molecule has 0 fully saturated rings. The van der Waals surface area contributed by atoms with Gasteiger partial charge >= 0.3 is 0 Å². The minimum Gasteiger partial charge on any atom is -0.368 e. The third-order valence-electron chi connectivity index (χ3n) is 3.54. The summed E-state index contributed by atoms with van der Waals surface area (Å²) >= 11 is 1.24. The van der Waals surface area contributed by atoms with Gasteiger partial charge in [-0.1, -0.05) is 18.7 Å². The fourth-order valence-corrected chi connectivity index (χ4v) is 5.54. The van der Waals surface area contributed by atoms with Gasteiger partial charge in [-0.05, 0) is 55.4 Å². The van der Waals surface area contributed by atoms with Crippen LogP contribution in [0.5, 0.6) is 0 Å². The third kappa shape index (κ3) is 9.69. The number of hydrogen-bond acceptors (Lipinski definition) is 6. The number of ether oxygens (including phenoxy) is 1. The highest BCUT2D eigenvalue weighted by Gasteiger charge is 2.34. The second-order valence-corrected chi connectivity index (χ2v) is 9.78. The molecule has 0 rings (SSSR count). The van der Waals surface area contributed by atoms with E-state index in [0.717, 1.165) is 0 Å². The second kappa shape index (κ2) is 13.5. The Morgan fingerprint density at radius 1 is 0.880 bits per heavy atom. The molecule has 0 atom stereocenters. The van der Waals surface area contributed by atoms with Crippen molar-refractivity contribution in [2.75, 3.05) is 19.2 Å². The first-order valence-corrected chi connectivity index (χ1v) is 11.5. The van der Waals surface area contributed by atoms with E-state index < -0.39 is 8.45 Å². The molecule has 150 valence electrons. The molecule has 0 radical (unpaired) electrons. The van der Waals surface area contributed by atoms with Crippen molar-refractivity contribution >= 4 is 25.3 Å². The molecule has 0 saturated carbocycles. The summed E-state index contributed by atoms with van der Waals surface area (Å²) in [4.78, 5) is 11.3. The molecule has 25 heavy (non-hydrogen) atoms. The quantitative estimate of drug-likeness (QED) is 0.246. The average Bonchev–Trinajstić information content (AvgIpc) is 2.48. The third-order valence-corrected chi connectivity index (χ3v) is 7.48. The molecular formula is C18H39N2O3PS. The number of carbonyl (C=O) groups excluding carboxylic acids is 1. The van der Waals surface area contributed by atoms with E-state index in [9.17, 15) is 4.79 Å². The maximum atomic E-state index is 11.3. The van der Waals surface area contributed by atoms with Crippen molar-refractivity contribution in [2.24, 2.45) is 0 Å². The average molecular weight is 395 g/mol. The summed E-state index contributed by atoms with van der Waals surface area (Å²) in [6.07, 6.45) is 0.547. The predicted molar refractivity (Wildman–Crippen MR) is 111 cm³/mol. The van der Waals surface area contributed by atoms with Gasteiger partial charge in [0, 0.05) is 30.6 Å². The molecule has 0 heterocycles. The van der Waals surface area contributed by atoms with E-state index in [1.165, 1.54) is 11.8 Å². The molecule has 0 aliphatic rings. The van der Waals surface area contributed by atoms with Crippen LogP contribution >= 0.6 is 20.2 Å². The fourth-order valence-electron chi connectivity index (χ4n) is 2.68. The van der Waals surface area contributed by atoms with Crippen molar-refractivity contribution in [2.45, 2.75) is 92.9 Å². The molecule has 0 aromatic carbocycles. The highest BCUT2D eigenvalue weighted by molar-refractivity contribution is 8.13. The lowest BCUT2D eigenvalue weighted by Crippen LogP contribution is -2.43. The SMILES string of the molecule is CCC(=O)SCOCCOP(N(C(C)C)C(C)C)N(C(C)C)C(C)C. The molecule has 0 aromatic heterocycles. The van der Waals surface area contributed by atoms with Gasteiger partial charge in [-0.3, -0.25) is 4.79 Å². The van der Waals surface area contributed by atoms with Crippen molar-refractivity contribution in [1.29, 1.82) is 0 Å². The number of hydrogen-bond donors (Lipinski definition) is 0. The minimum absolute atomic E-state index is 0.166. The predicted octanol–water partition coefficient (Wildman–Crippen LogP) is 5.11. The van der Waals surface area contributed by atoms with E-state index in [4.69, 9.17) is 9.26 Å². The van der Waals surface area contributed by atoms with Crippen molar-refractivity contribution in [3.05, 3.63) is 0 Å². The summed E-state index contributed by atoms with van der Waals surface area (Å²) in [5, 5.41) is 0.166. The van der Waals surface area contributed by atoms with E-state index in [1.807, 2.05) is 6.92 Å². The Kier molecular flexibility index (Phi) is 13.6. The van der Waals surface area contributed by atoms with Gasteiger partial charge < -0.3 is 9.26 Å². The Bertz CT molecular complexity index is 332. The number of nitrogens with zero attached hydrogens (tertiary/aromatic N) is 2. The van der Waals surface area contributed by atoms with Gasteiger partial charge in [0.15, 0.2) is 13.6 Å². The molecule has 0 saturated heterocycles. The van der Waals surface area contributed by atoms with Crippen LogP contribution in [0.1, 0.15) is 68.7 Å². The topological polar surface area (TPSA) is 42.0 Å². The first-order chi connectivity index (χ1) is 11.6. The smallest absolute Gasteiger partial charge is 0.190 e. The lowest BCUT2D eigenvalue weighted by molar-refractivity contribution is -0.110. The van der Waals surface area contributed by atoms with Crippen molar-refractivity contribution in [3.63, 3.8) is 0 Å². The van der Waals surface area contributed by atoms with Crippen LogP contribution in [0.2, 0.25) is 0 Å². The van der Waals surface area contributed by atoms with Gasteiger partial charge in [0.05, 0.1) is 19.2 Å². The van der Waals surface area contributed by atoms with Gasteiger partial charge in [0.2, 0.25) is 0 Å². The zero-order valence-electron chi connectivity index (χ0n) is 17.6. The lowest BCUT2D eigenvalue weighted by atomic mass is 10.3. The van der Waals surface area contributed by atoms with Crippen LogP contribution in [0, 0.1) is 0 Å². The Labute approximate surface area is 161 Å². The number of thioether (sulfide) groups is 1. The van der Waals surface area contributed by atoms with Crippen molar-refractivity contribution in [3.8, 4) is 0 Å². The van der Waals surface area contributed by atoms with Gasteiger partial charge in [-0.15, -0.1) is 0 Å². The van der Waals surface area contributed by atoms with E-state index in [0.29, 0.717) is 49.7 Å². The lowest BCUT2D eigenvalue weighted by Gasteiger charge is -2.45. The molecule has 0 N–H and O–H groups in total. The maximum Gasteiger partial charge on any atom is 0.190 e. The van der Waals surface area contributed by atoms with Crippen LogP contribution in [-0.4, -0.2) is 57.8 Å². The maximum absolute atomic E-state index is 11.3. The monoisotopic (exact) mass is 394 g/mol. The summed E-state index contributed by atoms with van der Waals surface area (Å²) in [6, 6.07) is 1.63. The van der Waals surface area contributed by atoms with Gasteiger partial charge in [0.25, 0.3) is 0 Å². The highest BCUT2D eigenvalue weighted by atomic mass is 32.2. The first-order valence-electron chi connectivity index (χ1n) is 9.36. The van der Waals surface area contributed by atoms with Gasteiger partial charge in [-0.25, -0.2) is 9.34 Å². The summed E-state index contributed by atoms with van der Waals surface area (Å²) < 4.78 is 16.8. The van der Waals surface area contributed by atoms with Crippen LogP contribution < -0.4 is 0 Å². The summed E-state index contributed by atoms with van der Waals surface area (Å²) in [7, 11) is -0.869. The molecule has 0 spiro atoms. The number of carbonyl (C=O) groups is 1. The van der Waals surface area contributed by atoms with Crippen LogP contribution in [0.4, 0.5) is 0 Å². The highest BCUT2D eigenvalue weighted by Crippen LogP contribution is 2.50. The molecule has 7 heteroatoms. The van der Waals surface area contributed by atoms with Crippen molar-refractivity contribution < 1.29 is 14.1 Å². The zero-order valence-corrected chi connectivity index (χ0v) is 19.3. The largest absolute Gasteiger partial charge is 0.368 e. The van der Waals surface area contributed by atoms with Gasteiger partial charge in [0.1, 0.15) is 0 Å². The summed E-state index contributed by atoms with van der Waals surface area (Å²) in [6.45, 7) is 20.7. The zero-order chi connectivity index (χ0) is 19.6. The number of rotatable bonds is 13. The second-order valence-electron chi connectivity index (χ2n) is 7.12.